The van der Waals surface area contributed by atoms with Crippen LogP contribution in [0.5, 0.6) is 0 Å². The lowest BCUT2D eigenvalue weighted by Gasteiger charge is -2.44. The van der Waals surface area contributed by atoms with Gasteiger partial charge >= 0.3 is 18.4 Å². The number of halogens is 7. The van der Waals surface area contributed by atoms with Gasteiger partial charge < -0.3 is 10.6 Å². The van der Waals surface area contributed by atoms with Crippen LogP contribution in [0.4, 0.5) is 35.5 Å². The summed E-state index contributed by atoms with van der Waals surface area (Å²) in [5.41, 5.74) is 6.10. The van der Waals surface area contributed by atoms with Crippen LogP contribution in [0.25, 0.3) is 0 Å². The number of rotatable bonds is 4. The van der Waals surface area contributed by atoms with Gasteiger partial charge in [-0.25, -0.2) is 14.6 Å². The van der Waals surface area contributed by atoms with Crippen LogP contribution in [0.3, 0.4) is 0 Å². The number of aryl methyl sites for hydroxylation is 1. The van der Waals surface area contributed by atoms with Crippen LogP contribution in [0.15, 0.2) is 36.4 Å². The molecule has 13 heteroatoms. The first-order valence-corrected chi connectivity index (χ1v) is 13.1. The highest BCUT2D eigenvalue weighted by molar-refractivity contribution is 5.80. The zero-order valence-electron chi connectivity index (χ0n) is 22.7. The lowest BCUT2D eigenvalue weighted by atomic mass is 9.66. The molecule has 1 aliphatic heterocycles. The van der Waals surface area contributed by atoms with Crippen molar-refractivity contribution in [2.75, 3.05) is 13.6 Å². The standard InChI is InChI=1S/C28H31F7N4O2/c1-15-10-20(29)4-5-21(15)23-14-26(8-9-39(37-26)25(36)41)7-6-22(23)24(40)38(3)16(2)17-11-18(27(30,31)32)13-19(12-17)28(33,34)35/h4-5,10-13,16,22-23,37H,6-9,14H2,1-3H3,(H2,36,41)/t16-,22?,23+,26-/m1/s1. The van der Waals surface area contributed by atoms with Gasteiger partial charge in [-0.05, 0) is 92.5 Å². The first-order valence-electron chi connectivity index (χ1n) is 13.1. The monoisotopic (exact) mass is 588 g/mol. The summed E-state index contributed by atoms with van der Waals surface area (Å²) in [5.74, 6) is -2.10. The van der Waals surface area contributed by atoms with E-state index in [1.807, 2.05) is 0 Å². The summed E-state index contributed by atoms with van der Waals surface area (Å²) in [6.45, 7) is 3.43. The van der Waals surface area contributed by atoms with E-state index in [1.165, 1.54) is 36.0 Å². The van der Waals surface area contributed by atoms with E-state index in [-0.39, 0.29) is 11.6 Å². The smallest absolute Gasteiger partial charge is 0.350 e. The number of hydrogen-bond acceptors (Lipinski definition) is 3. The molecule has 1 heterocycles. The summed E-state index contributed by atoms with van der Waals surface area (Å²) in [6, 6.07) is 3.73. The molecule has 2 aromatic rings. The van der Waals surface area contributed by atoms with Crippen LogP contribution < -0.4 is 11.2 Å². The van der Waals surface area contributed by atoms with E-state index in [0.717, 1.165) is 0 Å². The third kappa shape index (κ3) is 6.29. The van der Waals surface area contributed by atoms with Crippen molar-refractivity contribution in [3.05, 3.63) is 70.0 Å². The van der Waals surface area contributed by atoms with E-state index in [9.17, 15) is 40.3 Å². The first kappa shape index (κ1) is 30.6. The normalized spacial score (nSPS) is 24.0. The predicted molar refractivity (Wildman–Crippen MR) is 136 cm³/mol. The lowest BCUT2D eigenvalue weighted by Crippen LogP contribution is -2.54. The third-order valence-electron chi connectivity index (χ3n) is 8.45. The summed E-state index contributed by atoms with van der Waals surface area (Å²) < 4.78 is 94.7. The summed E-state index contributed by atoms with van der Waals surface area (Å²) >= 11 is 0. The predicted octanol–water partition coefficient (Wildman–Crippen LogP) is 6.30. The fraction of sp³-hybridized carbons (Fsp3) is 0.500. The Morgan fingerprint density at radius 2 is 1.66 bits per heavy atom. The molecule has 0 aromatic heterocycles. The molecule has 3 amide bonds. The molecule has 1 saturated carbocycles. The molecule has 1 unspecified atom stereocenters. The van der Waals surface area contributed by atoms with E-state index >= 15 is 0 Å². The van der Waals surface area contributed by atoms with E-state index < -0.39 is 64.7 Å². The highest BCUT2D eigenvalue weighted by Gasteiger charge is 2.49. The zero-order chi connectivity index (χ0) is 30.5. The van der Waals surface area contributed by atoms with E-state index in [1.54, 1.807) is 13.0 Å². The number of carbonyl (C=O) groups excluding carboxylic acids is 2. The Morgan fingerprint density at radius 1 is 1.05 bits per heavy atom. The van der Waals surface area contributed by atoms with Gasteiger partial charge in [-0.3, -0.25) is 9.80 Å². The highest BCUT2D eigenvalue weighted by Crippen LogP contribution is 2.48. The lowest BCUT2D eigenvalue weighted by molar-refractivity contribution is -0.143. The fourth-order valence-electron chi connectivity index (χ4n) is 6.09. The molecule has 4 atom stereocenters. The van der Waals surface area contributed by atoms with Crippen molar-refractivity contribution in [2.24, 2.45) is 11.7 Å². The molecule has 2 aromatic carbocycles. The number of hydrazine groups is 1. The van der Waals surface area contributed by atoms with E-state index in [4.69, 9.17) is 5.73 Å². The largest absolute Gasteiger partial charge is 0.416 e. The number of alkyl halides is 6. The number of nitrogens with zero attached hydrogens (tertiary/aromatic N) is 2. The third-order valence-corrected chi connectivity index (χ3v) is 8.45. The van der Waals surface area contributed by atoms with Crippen molar-refractivity contribution in [3.8, 4) is 0 Å². The van der Waals surface area contributed by atoms with Crippen molar-refractivity contribution in [3.63, 3.8) is 0 Å². The Hall–Kier alpha value is -3.35. The topological polar surface area (TPSA) is 78.7 Å². The molecule has 41 heavy (non-hydrogen) atoms. The van der Waals surface area contributed by atoms with Gasteiger partial charge in [0.25, 0.3) is 0 Å². The summed E-state index contributed by atoms with van der Waals surface area (Å²) in [6.07, 6.45) is -8.32. The van der Waals surface area contributed by atoms with Crippen LogP contribution in [-0.2, 0) is 17.1 Å². The van der Waals surface area contributed by atoms with Crippen LogP contribution in [0, 0.1) is 18.7 Å². The summed E-state index contributed by atoms with van der Waals surface area (Å²) in [5, 5.41) is 1.30. The summed E-state index contributed by atoms with van der Waals surface area (Å²) in [7, 11) is 1.35. The van der Waals surface area contributed by atoms with Gasteiger partial charge in [0.2, 0.25) is 5.91 Å². The molecule has 1 saturated heterocycles. The molecular weight excluding hydrogens is 557 g/mol. The van der Waals surface area contributed by atoms with Crippen molar-refractivity contribution in [1.29, 1.82) is 0 Å². The van der Waals surface area contributed by atoms with Crippen molar-refractivity contribution in [2.45, 2.75) is 69.4 Å². The van der Waals surface area contributed by atoms with Crippen LogP contribution >= 0.6 is 0 Å². The quantitative estimate of drug-likeness (QED) is 0.412. The Bertz CT molecular complexity index is 1300. The minimum absolute atomic E-state index is 0.0515. The van der Waals surface area contributed by atoms with E-state index in [2.05, 4.69) is 5.43 Å². The number of benzene rings is 2. The number of amides is 3. The molecule has 6 nitrogen and oxygen atoms in total. The second kappa shape index (κ2) is 10.8. The Labute approximate surface area is 232 Å². The zero-order valence-corrected chi connectivity index (χ0v) is 22.7. The van der Waals surface area contributed by atoms with Gasteiger partial charge in [-0.1, -0.05) is 6.07 Å². The molecule has 1 spiro atoms. The molecule has 3 N–H and O–H groups in total. The maximum atomic E-state index is 14.0. The molecule has 4 rings (SSSR count). The SMILES string of the molecule is Cc1cc(F)ccc1[C@@H]1C[C@@]2(CCC1C(=O)N(C)[C@H](C)c1cc(C(F)(F)F)cc(C(F)(F)F)c1)CCN(C(N)=O)N2. The van der Waals surface area contributed by atoms with Crippen LogP contribution in [0.2, 0.25) is 0 Å². The number of nitrogens with two attached hydrogens (primary N) is 1. The van der Waals surface area contributed by atoms with E-state index in [0.29, 0.717) is 55.5 Å². The minimum atomic E-state index is -5.02. The molecule has 224 valence electrons. The molecule has 0 bridgehead atoms. The highest BCUT2D eigenvalue weighted by atomic mass is 19.4. The first-order chi connectivity index (χ1) is 18.9. The second-order valence-corrected chi connectivity index (χ2v) is 11.1. The maximum Gasteiger partial charge on any atom is 0.416 e. The fourth-order valence-corrected chi connectivity index (χ4v) is 6.09. The van der Waals surface area contributed by atoms with Gasteiger partial charge in [-0.2, -0.15) is 26.3 Å². The summed E-state index contributed by atoms with van der Waals surface area (Å²) in [4.78, 5) is 26.8. The van der Waals surface area contributed by atoms with Crippen molar-refractivity contribution >= 4 is 11.9 Å². The Kier molecular flexibility index (Phi) is 8.07. The minimum Gasteiger partial charge on any atom is -0.350 e. The van der Waals surface area contributed by atoms with Crippen molar-refractivity contribution < 1.29 is 40.3 Å². The van der Waals surface area contributed by atoms with Crippen LogP contribution in [0.1, 0.15) is 72.4 Å². The maximum absolute atomic E-state index is 14.0. The number of urea groups is 1. The molecule has 2 aliphatic rings. The average Bonchev–Trinajstić information content (AvgIpc) is 3.29. The number of primary amides is 1. The molecule has 0 radical (unpaired) electrons. The van der Waals surface area contributed by atoms with Gasteiger partial charge in [0.1, 0.15) is 5.82 Å². The number of carbonyl (C=O) groups is 2. The van der Waals surface area contributed by atoms with Gasteiger partial charge in [0, 0.05) is 25.0 Å². The molecule has 1 aliphatic carbocycles. The molecular formula is C28H31F7N4O2. The van der Waals surface area contributed by atoms with Crippen LogP contribution in [-0.4, -0.2) is 41.0 Å². The average molecular weight is 589 g/mol. The molecule has 2 fully saturated rings. The second-order valence-electron chi connectivity index (χ2n) is 11.1. The van der Waals surface area contributed by atoms with Crippen molar-refractivity contribution in [1.82, 2.24) is 15.3 Å². The Morgan fingerprint density at radius 3 is 2.17 bits per heavy atom. The van der Waals surface area contributed by atoms with Gasteiger partial charge in [-0.15, -0.1) is 0 Å². The van der Waals surface area contributed by atoms with Gasteiger partial charge in [0.05, 0.1) is 17.2 Å². The number of nitrogens with one attached hydrogen (secondary N) is 1. The Balaban J connectivity index is 1.68. The van der Waals surface area contributed by atoms with Gasteiger partial charge in [0.15, 0.2) is 0 Å². The number of hydrogen-bond donors (Lipinski definition) is 2.